The molecule has 0 unspecified atom stereocenters. The van der Waals surface area contributed by atoms with E-state index in [1.54, 1.807) is 61.9 Å². The van der Waals surface area contributed by atoms with E-state index in [4.69, 9.17) is 0 Å². The highest BCUT2D eigenvalue weighted by Crippen LogP contribution is 2.22. The third-order valence-corrected chi connectivity index (χ3v) is 6.13. The summed E-state index contributed by atoms with van der Waals surface area (Å²) >= 11 is 0. The number of rotatable bonds is 6. The number of benzene rings is 2. The van der Waals surface area contributed by atoms with Gasteiger partial charge in [-0.15, -0.1) is 0 Å². The molecule has 7 heteroatoms. The molecule has 0 aliphatic rings. The molecule has 1 heterocycles. The van der Waals surface area contributed by atoms with Crippen molar-refractivity contribution in [3.05, 3.63) is 90.3 Å². The number of anilines is 1. The van der Waals surface area contributed by atoms with Crippen LogP contribution >= 0.6 is 0 Å². The minimum absolute atomic E-state index is 0.0690. The summed E-state index contributed by atoms with van der Waals surface area (Å²) in [5, 5.41) is 0. The second-order valence-electron chi connectivity index (χ2n) is 6.36. The minimum Gasteiger partial charge on any atom is -0.337 e. The molecule has 0 aliphatic carbocycles. The molecule has 1 amide bonds. The number of para-hydroxylation sites is 1. The Morgan fingerprint density at radius 3 is 2.39 bits per heavy atom. The third-order valence-electron chi connectivity index (χ3n) is 4.35. The fraction of sp³-hybridized carbons (Fsp3) is 0.143. The number of amides is 1. The smallest absolute Gasteiger partial charge is 0.264 e. The van der Waals surface area contributed by atoms with Gasteiger partial charge in [0, 0.05) is 38.6 Å². The number of sulfonamides is 1. The van der Waals surface area contributed by atoms with Gasteiger partial charge in [-0.25, -0.2) is 8.42 Å². The Bertz CT molecular complexity index is 1050. The monoisotopic (exact) mass is 395 g/mol. The second kappa shape index (κ2) is 8.22. The van der Waals surface area contributed by atoms with Crippen LogP contribution in [-0.2, 0) is 16.6 Å². The van der Waals surface area contributed by atoms with E-state index in [9.17, 15) is 13.2 Å². The molecule has 0 spiro atoms. The third kappa shape index (κ3) is 4.20. The van der Waals surface area contributed by atoms with Crippen molar-refractivity contribution in [3.8, 4) is 0 Å². The van der Waals surface area contributed by atoms with Crippen molar-refractivity contribution in [1.29, 1.82) is 0 Å². The molecule has 144 valence electrons. The topological polar surface area (TPSA) is 70.6 Å². The first-order chi connectivity index (χ1) is 13.4. The molecular weight excluding hydrogens is 374 g/mol. The maximum absolute atomic E-state index is 13.0. The maximum Gasteiger partial charge on any atom is 0.264 e. The predicted molar refractivity (Wildman–Crippen MR) is 109 cm³/mol. The van der Waals surface area contributed by atoms with Crippen LogP contribution in [0.15, 0.2) is 84.0 Å². The maximum atomic E-state index is 13.0. The standard InChI is InChI=1S/C21H21N3O3S/c1-23(16-17-8-7-13-22-15-17)21(25)18-9-6-12-20(14-18)28(26,27)24(2)19-10-4-3-5-11-19/h3-15H,16H2,1-2H3. The van der Waals surface area contributed by atoms with E-state index >= 15 is 0 Å². The zero-order valence-electron chi connectivity index (χ0n) is 15.7. The average molecular weight is 395 g/mol. The lowest BCUT2D eigenvalue weighted by Crippen LogP contribution is -2.28. The van der Waals surface area contributed by atoms with Crippen molar-refractivity contribution in [3.63, 3.8) is 0 Å². The van der Waals surface area contributed by atoms with Crippen molar-refractivity contribution in [2.24, 2.45) is 0 Å². The SMILES string of the molecule is CN(Cc1cccnc1)C(=O)c1cccc(S(=O)(=O)N(C)c2ccccc2)c1. The van der Waals surface area contributed by atoms with E-state index in [1.807, 2.05) is 12.1 Å². The van der Waals surface area contributed by atoms with Gasteiger partial charge in [-0.1, -0.05) is 30.3 Å². The lowest BCUT2D eigenvalue weighted by atomic mass is 10.2. The van der Waals surface area contributed by atoms with Gasteiger partial charge in [-0.05, 0) is 42.0 Å². The van der Waals surface area contributed by atoms with E-state index in [0.717, 1.165) is 5.56 Å². The first-order valence-electron chi connectivity index (χ1n) is 8.68. The molecule has 0 atom stereocenters. The van der Waals surface area contributed by atoms with Crippen molar-refractivity contribution < 1.29 is 13.2 Å². The Balaban J connectivity index is 1.84. The van der Waals surface area contributed by atoms with E-state index < -0.39 is 10.0 Å². The van der Waals surface area contributed by atoms with E-state index in [-0.39, 0.29) is 10.8 Å². The molecule has 0 fully saturated rings. The van der Waals surface area contributed by atoms with Gasteiger partial charge >= 0.3 is 0 Å². The van der Waals surface area contributed by atoms with Crippen LogP contribution in [0.4, 0.5) is 5.69 Å². The Hall–Kier alpha value is -3.19. The minimum atomic E-state index is -3.78. The van der Waals surface area contributed by atoms with Crippen LogP contribution < -0.4 is 4.31 Å². The van der Waals surface area contributed by atoms with Gasteiger partial charge < -0.3 is 4.90 Å². The van der Waals surface area contributed by atoms with Gasteiger partial charge in [-0.3, -0.25) is 14.1 Å². The molecule has 28 heavy (non-hydrogen) atoms. The van der Waals surface area contributed by atoms with Crippen molar-refractivity contribution in [2.45, 2.75) is 11.4 Å². The quantitative estimate of drug-likeness (QED) is 0.643. The van der Waals surface area contributed by atoms with Crippen molar-refractivity contribution >= 4 is 21.6 Å². The van der Waals surface area contributed by atoms with Crippen LogP contribution in [0.1, 0.15) is 15.9 Å². The summed E-state index contributed by atoms with van der Waals surface area (Å²) in [7, 11) is -0.613. The van der Waals surface area contributed by atoms with Crippen LogP contribution in [0.25, 0.3) is 0 Å². The Morgan fingerprint density at radius 2 is 1.71 bits per heavy atom. The molecule has 0 radical (unpaired) electrons. The van der Waals surface area contributed by atoms with Crippen LogP contribution in [-0.4, -0.2) is 38.3 Å². The molecule has 1 aromatic heterocycles. The zero-order valence-corrected chi connectivity index (χ0v) is 16.5. The summed E-state index contributed by atoms with van der Waals surface area (Å²) in [6, 6.07) is 18.6. The largest absolute Gasteiger partial charge is 0.337 e. The molecule has 0 bridgehead atoms. The van der Waals surface area contributed by atoms with Crippen LogP contribution in [0, 0.1) is 0 Å². The fourth-order valence-corrected chi connectivity index (χ4v) is 4.02. The van der Waals surface area contributed by atoms with Gasteiger partial charge in [0.1, 0.15) is 0 Å². The Morgan fingerprint density at radius 1 is 0.964 bits per heavy atom. The van der Waals surface area contributed by atoms with Gasteiger partial charge in [-0.2, -0.15) is 0 Å². The van der Waals surface area contributed by atoms with Gasteiger partial charge in [0.05, 0.1) is 10.6 Å². The van der Waals surface area contributed by atoms with E-state index in [1.165, 1.54) is 28.4 Å². The lowest BCUT2D eigenvalue weighted by molar-refractivity contribution is 0.0784. The second-order valence-corrected chi connectivity index (χ2v) is 8.33. The van der Waals surface area contributed by atoms with E-state index in [0.29, 0.717) is 17.8 Å². The molecule has 6 nitrogen and oxygen atoms in total. The van der Waals surface area contributed by atoms with Gasteiger partial charge in [0.15, 0.2) is 0 Å². The summed E-state index contributed by atoms with van der Waals surface area (Å²) in [5.74, 6) is -0.261. The highest BCUT2D eigenvalue weighted by atomic mass is 32.2. The number of carbonyl (C=O) groups excluding carboxylic acids is 1. The summed E-state index contributed by atoms with van der Waals surface area (Å²) in [5.41, 5.74) is 1.76. The predicted octanol–water partition coefficient (Wildman–Crippen LogP) is 3.18. The number of aromatic nitrogens is 1. The Labute approximate surface area is 165 Å². The zero-order chi connectivity index (χ0) is 20.1. The number of hydrogen-bond donors (Lipinski definition) is 0. The number of hydrogen-bond acceptors (Lipinski definition) is 4. The first kappa shape index (κ1) is 19.6. The summed E-state index contributed by atoms with van der Waals surface area (Å²) in [4.78, 5) is 18.4. The molecule has 3 rings (SSSR count). The molecule has 0 aliphatic heterocycles. The van der Waals surface area contributed by atoms with E-state index in [2.05, 4.69) is 4.98 Å². The van der Waals surface area contributed by atoms with Crippen molar-refractivity contribution in [1.82, 2.24) is 9.88 Å². The summed E-state index contributed by atoms with van der Waals surface area (Å²) < 4.78 is 27.1. The lowest BCUT2D eigenvalue weighted by Gasteiger charge is -2.21. The first-order valence-corrected chi connectivity index (χ1v) is 10.1. The van der Waals surface area contributed by atoms with Crippen LogP contribution in [0.2, 0.25) is 0 Å². The molecular formula is C21H21N3O3S. The summed E-state index contributed by atoms with van der Waals surface area (Å²) in [6.07, 6.45) is 3.36. The van der Waals surface area contributed by atoms with Gasteiger partial charge in [0.2, 0.25) is 0 Å². The fourth-order valence-electron chi connectivity index (χ4n) is 2.78. The number of nitrogens with zero attached hydrogens (tertiary/aromatic N) is 3. The highest BCUT2D eigenvalue weighted by Gasteiger charge is 2.23. The molecule has 0 saturated heterocycles. The average Bonchev–Trinajstić information content (AvgIpc) is 2.74. The number of pyridine rings is 1. The van der Waals surface area contributed by atoms with Crippen LogP contribution in [0.5, 0.6) is 0 Å². The molecule has 0 saturated carbocycles. The Kier molecular flexibility index (Phi) is 5.75. The summed E-state index contributed by atoms with van der Waals surface area (Å²) in [6.45, 7) is 0.383. The highest BCUT2D eigenvalue weighted by molar-refractivity contribution is 7.92. The van der Waals surface area contributed by atoms with Gasteiger partial charge in [0.25, 0.3) is 15.9 Å². The van der Waals surface area contributed by atoms with Crippen molar-refractivity contribution in [2.75, 3.05) is 18.4 Å². The normalized spacial score (nSPS) is 11.1. The van der Waals surface area contributed by atoms with Crippen LogP contribution in [0.3, 0.4) is 0 Å². The molecule has 2 aromatic carbocycles. The number of carbonyl (C=O) groups is 1. The molecule has 3 aromatic rings. The molecule has 0 N–H and O–H groups in total.